The van der Waals surface area contributed by atoms with Crippen molar-refractivity contribution >= 4 is 35.1 Å². The molecule has 0 bridgehead atoms. The summed E-state index contributed by atoms with van der Waals surface area (Å²) in [5.41, 5.74) is 1.59. The molecule has 43 heavy (non-hydrogen) atoms. The molecule has 236 valence electrons. The highest BCUT2D eigenvalue weighted by Crippen LogP contribution is 2.41. The maximum Gasteiger partial charge on any atom is 0.511 e. The fourth-order valence-electron chi connectivity index (χ4n) is 6.55. The molecule has 2 aromatic rings. The van der Waals surface area contributed by atoms with Crippen LogP contribution in [0.4, 0.5) is 10.5 Å². The molecular weight excluding hydrogens is 588 g/mol. The van der Waals surface area contributed by atoms with E-state index < -0.39 is 18.9 Å². The first-order chi connectivity index (χ1) is 20.4. The number of likely N-dealkylation sites (tertiary alicyclic amines) is 1. The lowest BCUT2D eigenvalue weighted by molar-refractivity contribution is -0.884. The summed E-state index contributed by atoms with van der Waals surface area (Å²) in [4.78, 5) is 44.7. The van der Waals surface area contributed by atoms with Crippen molar-refractivity contribution in [3.8, 4) is 10.4 Å². The van der Waals surface area contributed by atoms with Crippen LogP contribution in [0.5, 0.6) is 0 Å². The number of nitrogens with zero attached hydrogens (tertiary/aromatic N) is 1. The lowest BCUT2D eigenvalue weighted by atomic mass is 9.82. The van der Waals surface area contributed by atoms with Crippen molar-refractivity contribution in [3.63, 3.8) is 0 Å². The number of anilines is 1. The van der Waals surface area contributed by atoms with E-state index in [4.69, 9.17) is 14.2 Å². The van der Waals surface area contributed by atoms with E-state index in [1.165, 1.54) is 16.2 Å². The molecule has 1 saturated heterocycles. The predicted molar refractivity (Wildman–Crippen MR) is 163 cm³/mol. The third kappa shape index (κ3) is 8.73. The van der Waals surface area contributed by atoms with Gasteiger partial charge in [0.15, 0.2) is 0 Å². The van der Waals surface area contributed by atoms with Gasteiger partial charge in [0, 0.05) is 29.7 Å². The van der Waals surface area contributed by atoms with E-state index in [0.29, 0.717) is 16.5 Å². The van der Waals surface area contributed by atoms with Crippen molar-refractivity contribution in [1.29, 1.82) is 0 Å². The Morgan fingerprint density at radius 2 is 1.58 bits per heavy atom. The quantitative estimate of drug-likeness (QED) is 0.356. The molecule has 1 aromatic carbocycles. The van der Waals surface area contributed by atoms with Crippen molar-refractivity contribution in [2.45, 2.75) is 89.7 Å². The summed E-state index contributed by atoms with van der Waals surface area (Å²) in [6, 6.07) is 11.9. The van der Waals surface area contributed by atoms with E-state index in [1.54, 1.807) is 0 Å². The lowest BCUT2D eigenvalue weighted by Crippen LogP contribution is -3.10. The Hall–Kier alpha value is -2.62. The van der Waals surface area contributed by atoms with Crippen molar-refractivity contribution in [2.24, 2.45) is 11.8 Å². The monoisotopic (exact) mass is 632 g/mol. The van der Waals surface area contributed by atoms with Crippen LogP contribution >= 0.6 is 11.3 Å². The number of amides is 1. The third-order valence-corrected chi connectivity index (χ3v) is 10.3. The second-order valence-corrected chi connectivity index (χ2v) is 13.4. The maximum atomic E-state index is 14.3. The SMILES string of the molecule is CC1CCC(C(=O)N(c2cc(-c3ccccc3)sc2C(=O)OCOC(=O)OC2CCCCC2)C2CC[NH+](C)CC2)CC1.[Cl-]. The minimum absolute atomic E-state index is 0. The smallest absolute Gasteiger partial charge is 0.511 e. The lowest BCUT2D eigenvalue weighted by Gasteiger charge is -2.38. The maximum absolute atomic E-state index is 14.3. The number of thiophene rings is 1. The number of esters is 1. The zero-order chi connectivity index (χ0) is 29.5. The Morgan fingerprint density at radius 3 is 2.26 bits per heavy atom. The molecule has 0 unspecified atom stereocenters. The van der Waals surface area contributed by atoms with Crippen molar-refractivity contribution in [2.75, 3.05) is 31.8 Å². The summed E-state index contributed by atoms with van der Waals surface area (Å²) in [6.45, 7) is 3.67. The molecule has 3 fully saturated rings. The van der Waals surface area contributed by atoms with Gasteiger partial charge in [-0.15, -0.1) is 11.3 Å². The second kappa shape index (κ2) is 15.9. The standard InChI is InChI=1S/C33H44N2O6S.ClH/c1-23-13-15-25(16-14-23)31(36)35(26-17-19-34(2)20-18-26)28-21-29(24-9-5-3-6-10-24)42-30(28)32(37)39-22-40-33(38)41-27-11-7-4-8-12-27;/h3,5-6,9-10,21,23,25-27H,4,7-8,11-20,22H2,1-2H3;1H. The predicted octanol–water partition coefficient (Wildman–Crippen LogP) is 2.86. The Kier molecular flexibility index (Phi) is 12.3. The molecular formula is C33H45ClN2O6S. The van der Waals surface area contributed by atoms with Crippen LogP contribution in [0.1, 0.15) is 87.2 Å². The van der Waals surface area contributed by atoms with E-state index in [0.717, 1.165) is 94.2 Å². The molecule has 2 aliphatic carbocycles. The van der Waals surface area contributed by atoms with Crippen molar-refractivity contribution < 1.29 is 45.9 Å². The van der Waals surface area contributed by atoms with E-state index in [9.17, 15) is 14.4 Å². The fourth-order valence-corrected chi connectivity index (χ4v) is 7.60. The Labute approximate surface area is 265 Å². The minimum atomic E-state index is -0.816. The molecule has 8 nitrogen and oxygen atoms in total. The average Bonchev–Trinajstić information content (AvgIpc) is 3.44. The summed E-state index contributed by atoms with van der Waals surface area (Å²) >= 11 is 1.32. The third-order valence-electron chi connectivity index (χ3n) is 9.17. The van der Waals surface area contributed by atoms with Crippen molar-refractivity contribution in [3.05, 3.63) is 41.3 Å². The molecule has 1 amide bonds. The van der Waals surface area contributed by atoms with Gasteiger partial charge < -0.3 is 36.4 Å². The molecule has 3 aliphatic rings. The van der Waals surface area contributed by atoms with Crippen LogP contribution in [0.25, 0.3) is 10.4 Å². The Bertz CT molecular complexity index is 1200. The minimum Gasteiger partial charge on any atom is -1.00 e. The highest BCUT2D eigenvalue weighted by molar-refractivity contribution is 7.18. The Morgan fingerprint density at radius 1 is 0.907 bits per heavy atom. The van der Waals surface area contributed by atoms with Crippen LogP contribution in [0, 0.1) is 11.8 Å². The van der Waals surface area contributed by atoms with Crippen LogP contribution in [-0.4, -0.2) is 57.1 Å². The normalized spacial score (nSPS) is 24.3. The van der Waals surface area contributed by atoms with Gasteiger partial charge in [-0.05, 0) is 68.9 Å². The number of benzene rings is 1. The number of quaternary nitrogens is 1. The van der Waals surface area contributed by atoms with Gasteiger partial charge in [0.2, 0.25) is 12.7 Å². The van der Waals surface area contributed by atoms with Crippen LogP contribution in [-0.2, 0) is 19.0 Å². The number of halogens is 1. The highest BCUT2D eigenvalue weighted by atomic mass is 35.5. The molecule has 2 saturated carbocycles. The van der Waals surface area contributed by atoms with E-state index >= 15 is 0 Å². The van der Waals surface area contributed by atoms with Crippen LogP contribution in [0.3, 0.4) is 0 Å². The molecule has 2 heterocycles. The van der Waals surface area contributed by atoms with Crippen LogP contribution in [0.15, 0.2) is 36.4 Å². The summed E-state index contributed by atoms with van der Waals surface area (Å²) in [5.74, 6) is 0.104. The molecule has 1 aromatic heterocycles. The molecule has 10 heteroatoms. The molecule has 1 N–H and O–H groups in total. The summed E-state index contributed by atoms with van der Waals surface area (Å²) in [5, 5.41) is 0. The van der Waals surface area contributed by atoms with Gasteiger partial charge in [-0.25, -0.2) is 9.59 Å². The highest BCUT2D eigenvalue weighted by Gasteiger charge is 2.38. The molecule has 5 rings (SSSR count). The first-order valence-electron chi connectivity index (χ1n) is 15.7. The number of carbonyl (C=O) groups excluding carboxylic acids is 3. The molecule has 1 aliphatic heterocycles. The average molecular weight is 633 g/mol. The Balaban J connectivity index is 0.00000423. The molecule has 0 radical (unpaired) electrons. The first kappa shape index (κ1) is 33.3. The molecule has 0 spiro atoms. The van der Waals surface area contributed by atoms with Gasteiger partial charge in [0.05, 0.1) is 25.8 Å². The second-order valence-electron chi connectivity index (χ2n) is 12.4. The van der Waals surface area contributed by atoms with Gasteiger partial charge in [-0.1, -0.05) is 43.7 Å². The number of ether oxygens (including phenoxy) is 3. The topological polar surface area (TPSA) is 86.6 Å². The first-order valence-corrected chi connectivity index (χ1v) is 16.5. The number of carbonyl (C=O) groups is 3. The van der Waals surface area contributed by atoms with E-state index in [-0.39, 0.29) is 36.4 Å². The van der Waals surface area contributed by atoms with Gasteiger partial charge in [0.1, 0.15) is 11.0 Å². The zero-order valence-electron chi connectivity index (χ0n) is 25.4. The van der Waals surface area contributed by atoms with Gasteiger partial charge in [-0.3, -0.25) is 4.79 Å². The summed E-state index contributed by atoms with van der Waals surface area (Å²) in [7, 11) is 2.19. The number of piperidine rings is 1. The van der Waals surface area contributed by atoms with Crippen molar-refractivity contribution in [1.82, 2.24) is 0 Å². The van der Waals surface area contributed by atoms with Gasteiger partial charge >= 0.3 is 12.1 Å². The molecule has 0 atom stereocenters. The largest absolute Gasteiger partial charge is 1.00 e. The number of rotatable bonds is 8. The van der Waals surface area contributed by atoms with Gasteiger partial charge in [0.25, 0.3) is 0 Å². The summed E-state index contributed by atoms with van der Waals surface area (Å²) < 4.78 is 16.0. The summed E-state index contributed by atoms with van der Waals surface area (Å²) in [6.07, 6.45) is 9.52. The van der Waals surface area contributed by atoms with Crippen LogP contribution in [0.2, 0.25) is 0 Å². The van der Waals surface area contributed by atoms with Crippen LogP contribution < -0.4 is 22.2 Å². The van der Waals surface area contributed by atoms with E-state index in [2.05, 4.69) is 14.0 Å². The number of hydrogen-bond acceptors (Lipinski definition) is 7. The number of nitrogens with one attached hydrogen (secondary N) is 1. The fraction of sp³-hybridized carbons (Fsp3) is 0.606. The van der Waals surface area contributed by atoms with Gasteiger partial charge in [-0.2, -0.15) is 0 Å². The number of hydrogen-bond donors (Lipinski definition) is 1. The van der Waals surface area contributed by atoms with E-state index in [1.807, 2.05) is 41.3 Å². The zero-order valence-corrected chi connectivity index (χ0v) is 26.9.